The van der Waals surface area contributed by atoms with Gasteiger partial charge in [0.1, 0.15) is 0 Å². The highest BCUT2D eigenvalue weighted by Gasteiger charge is 2.27. The van der Waals surface area contributed by atoms with Gasteiger partial charge < -0.3 is 5.32 Å². The molecule has 4 aromatic carbocycles. The van der Waals surface area contributed by atoms with Crippen LogP contribution in [-0.4, -0.2) is 24.3 Å². The summed E-state index contributed by atoms with van der Waals surface area (Å²) in [5, 5.41) is 3.20. The van der Waals surface area contributed by atoms with E-state index in [0.717, 1.165) is 47.2 Å². The molecule has 1 aliphatic carbocycles. The zero-order valence-corrected chi connectivity index (χ0v) is 30.9. The summed E-state index contributed by atoms with van der Waals surface area (Å²) < 4.78 is 25.3. The molecule has 0 spiro atoms. The molecule has 0 fully saturated rings. The fraction of sp³-hybridized carbons (Fsp3) is 0.349. The zero-order valence-electron chi connectivity index (χ0n) is 30.1. The van der Waals surface area contributed by atoms with Crippen LogP contribution in [0.4, 0.5) is 5.69 Å². The number of hydrogen-bond donors (Lipinski definition) is 1. The van der Waals surface area contributed by atoms with Gasteiger partial charge in [-0.25, -0.2) is 0 Å². The summed E-state index contributed by atoms with van der Waals surface area (Å²) in [4.78, 5) is 26.4. The van der Waals surface area contributed by atoms with Gasteiger partial charge in [0.25, 0.3) is 0 Å². The topological polar surface area (TPSA) is 97.4 Å². The highest BCUT2D eigenvalue weighted by atomic mass is 32.2. The number of nitrogens with one attached hydrogen (secondary N) is 1. The maximum atomic E-state index is 14.0. The van der Waals surface area contributed by atoms with E-state index < -0.39 is 10.6 Å². The van der Waals surface area contributed by atoms with Gasteiger partial charge in [-0.1, -0.05) is 118 Å². The maximum Gasteiger partial charge on any atom is 0.425 e. The molecular weight excluding hydrogens is 643 g/mol. The molecule has 0 aliphatic heterocycles. The number of allylic oxidation sites excluding steroid dienone is 2. The lowest BCUT2D eigenvalue weighted by atomic mass is 9.72. The van der Waals surface area contributed by atoms with Crippen LogP contribution in [0.15, 0.2) is 97.1 Å². The van der Waals surface area contributed by atoms with Gasteiger partial charge in [0.05, 0.1) is 5.92 Å². The van der Waals surface area contributed by atoms with Gasteiger partial charge >= 0.3 is 10.6 Å². The van der Waals surface area contributed by atoms with Crippen LogP contribution in [-0.2, 0) is 21.8 Å². The van der Waals surface area contributed by atoms with E-state index in [1.54, 1.807) is 0 Å². The van der Waals surface area contributed by atoms with E-state index in [9.17, 15) is 9.59 Å². The fourth-order valence-electron chi connectivity index (χ4n) is 6.71. The predicted octanol–water partition coefficient (Wildman–Crippen LogP) is 10.1. The molecule has 7 heteroatoms. The Morgan fingerprint density at radius 3 is 2.00 bits per heavy atom. The van der Waals surface area contributed by atoms with Crippen LogP contribution in [0.1, 0.15) is 104 Å². The first kappa shape index (κ1) is 38.2. The number of benzene rings is 4. The molecular formula is C43H49NO5S. The summed E-state index contributed by atoms with van der Waals surface area (Å²) in [7, 11) is -3.11. The molecule has 1 aliphatic rings. The Morgan fingerprint density at radius 1 is 0.840 bits per heavy atom. The van der Waals surface area contributed by atoms with Crippen molar-refractivity contribution in [1.82, 2.24) is 0 Å². The van der Waals surface area contributed by atoms with Crippen molar-refractivity contribution in [2.24, 2.45) is 11.3 Å². The summed E-state index contributed by atoms with van der Waals surface area (Å²) in [5.41, 5.74) is 11.3. The number of amides is 1. The second-order valence-corrected chi connectivity index (χ2v) is 14.8. The summed E-state index contributed by atoms with van der Waals surface area (Å²) in [5.74, 6) is 0.454. The molecule has 0 aromatic heterocycles. The third kappa shape index (κ3) is 10.7. The average Bonchev–Trinajstić information content (AvgIpc) is 3.07. The van der Waals surface area contributed by atoms with E-state index in [-0.39, 0.29) is 17.6 Å². The molecule has 4 aromatic rings. The average molecular weight is 692 g/mol. The number of hydrogen-bond acceptors (Lipinski definition) is 5. The fourth-order valence-corrected chi connectivity index (χ4v) is 6.71. The number of rotatable bonds is 10. The molecule has 2 atom stereocenters. The van der Waals surface area contributed by atoms with Crippen LogP contribution in [0.3, 0.4) is 0 Å². The number of aryl methyl sites for hydroxylation is 2. The lowest BCUT2D eigenvalue weighted by molar-refractivity contribution is -0.117. The SMILES string of the molecule is CCCC(=O)c1ccc(C[C@@H](C(=O)Nc2ccc(-c3ccc(C)cc3C)cc2)c2ccc(C3=CC[C@H](C(C)(C)C)CC3)cc2)cc1.O=S(=O)=O. The second-order valence-electron chi connectivity index (χ2n) is 14.4. The molecule has 5 rings (SSSR count). The molecule has 0 radical (unpaired) electrons. The van der Waals surface area contributed by atoms with Gasteiger partial charge in [-0.05, 0) is 108 Å². The largest absolute Gasteiger partial charge is 0.425 e. The number of carbonyl (C=O) groups excluding carboxylic acids is 2. The van der Waals surface area contributed by atoms with Gasteiger partial charge in [0.2, 0.25) is 5.91 Å². The Balaban J connectivity index is 0.00000133. The van der Waals surface area contributed by atoms with Gasteiger partial charge in [-0.15, -0.1) is 12.6 Å². The van der Waals surface area contributed by atoms with Crippen LogP contribution in [0.5, 0.6) is 0 Å². The van der Waals surface area contributed by atoms with Crippen molar-refractivity contribution in [2.45, 2.75) is 86.0 Å². The lowest BCUT2D eigenvalue weighted by Gasteiger charge is -2.33. The number of anilines is 1. The van der Waals surface area contributed by atoms with Crippen molar-refractivity contribution in [2.75, 3.05) is 5.32 Å². The summed E-state index contributed by atoms with van der Waals surface area (Å²) in [6, 6.07) is 31.0. The number of carbonyl (C=O) groups is 2. The minimum absolute atomic E-state index is 0.0388. The van der Waals surface area contributed by atoms with E-state index in [1.165, 1.54) is 34.2 Å². The summed E-state index contributed by atoms with van der Waals surface area (Å²) in [6.45, 7) is 13.3. The molecule has 0 saturated heterocycles. The van der Waals surface area contributed by atoms with Crippen molar-refractivity contribution in [1.29, 1.82) is 0 Å². The summed E-state index contributed by atoms with van der Waals surface area (Å²) in [6.07, 6.45) is 7.76. The van der Waals surface area contributed by atoms with Gasteiger partial charge in [0, 0.05) is 17.7 Å². The molecule has 262 valence electrons. The predicted molar refractivity (Wildman–Crippen MR) is 203 cm³/mol. The molecule has 6 nitrogen and oxygen atoms in total. The minimum atomic E-state index is -3.11. The van der Waals surface area contributed by atoms with E-state index in [0.29, 0.717) is 24.2 Å². The molecule has 50 heavy (non-hydrogen) atoms. The first-order valence-corrected chi connectivity index (χ1v) is 18.4. The van der Waals surface area contributed by atoms with Gasteiger partial charge in [0.15, 0.2) is 5.78 Å². The standard InChI is InChI=1S/C43H49NO2.O3S/c1-7-8-41(45)36-12-10-31(11-13-36)28-40(35-16-14-32(15-17-35)33-18-22-37(23-19-33)43(4,5)6)42(46)44-38-24-20-34(21-25-38)39-26-9-29(2)27-30(39)3;1-4(2)3/h9-18,20-21,24-27,37,40H,7-8,19,22-23,28H2,1-6H3,(H,44,46);/t37-,40+;/m0./s1. The third-order valence-electron chi connectivity index (χ3n) is 9.67. The molecule has 0 heterocycles. The molecule has 1 N–H and O–H groups in total. The Morgan fingerprint density at radius 2 is 1.46 bits per heavy atom. The van der Waals surface area contributed by atoms with Crippen molar-refractivity contribution < 1.29 is 22.2 Å². The minimum Gasteiger partial charge on any atom is -0.326 e. The highest BCUT2D eigenvalue weighted by molar-refractivity contribution is 7.59. The Kier molecular flexibility index (Phi) is 13.3. The first-order valence-electron chi connectivity index (χ1n) is 17.4. The van der Waals surface area contributed by atoms with Crippen LogP contribution in [0.2, 0.25) is 0 Å². The molecule has 0 bridgehead atoms. The van der Waals surface area contributed by atoms with Gasteiger partial charge in [-0.2, -0.15) is 0 Å². The van der Waals surface area contributed by atoms with Crippen molar-refractivity contribution in [3.8, 4) is 11.1 Å². The normalized spacial score (nSPS) is 14.8. The number of ketones is 1. The Bertz CT molecular complexity index is 1910. The zero-order chi connectivity index (χ0) is 36.4. The molecule has 0 saturated carbocycles. The van der Waals surface area contributed by atoms with E-state index >= 15 is 0 Å². The molecule has 1 amide bonds. The quantitative estimate of drug-likeness (QED) is 0.167. The van der Waals surface area contributed by atoms with Gasteiger partial charge in [-0.3, -0.25) is 9.59 Å². The Hall–Kier alpha value is -4.62. The maximum absolute atomic E-state index is 14.0. The highest BCUT2D eigenvalue weighted by Crippen LogP contribution is 2.40. The van der Waals surface area contributed by atoms with E-state index in [4.69, 9.17) is 12.6 Å². The first-order chi connectivity index (χ1) is 23.7. The second kappa shape index (κ2) is 17.3. The van der Waals surface area contributed by atoms with E-state index in [1.807, 2.05) is 43.3 Å². The van der Waals surface area contributed by atoms with Crippen molar-refractivity contribution in [3.63, 3.8) is 0 Å². The van der Waals surface area contributed by atoms with Crippen LogP contribution in [0, 0.1) is 25.2 Å². The number of Topliss-reactive ketones (excluding diaryl/α,β-unsaturated/α-hetero) is 1. The van der Waals surface area contributed by atoms with Crippen molar-refractivity contribution >= 4 is 33.6 Å². The van der Waals surface area contributed by atoms with Crippen LogP contribution in [0.25, 0.3) is 16.7 Å². The molecule has 0 unspecified atom stereocenters. The monoisotopic (exact) mass is 691 g/mol. The third-order valence-corrected chi connectivity index (χ3v) is 9.67. The van der Waals surface area contributed by atoms with E-state index in [2.05, 4.69) is 101 Å². The van der Waals surface area contributed by atoms with Crippen LogP contribution >= 0.6 is 0 Å². The Labute approximate surface area is 299 Å². The van der Waals surface area contributed by atoms with Crippen LogP contribution < -0.4 is 5.32 Å². The lowest BCUT2D eigenvalue weighted by Crippen LogP contribution is -2.23. The van der Waals surface area contributed by atoms with Crippen molar-refractivity contribution in [3.05, 3.63) is 130 Å². The summed E-state index contributed by atoms with van der Waals surface area (Å²) >= 11 is 0. The smallest absolute Gasteiger partial charge is 0.326 e.